The highest BCUT2D eigenvalue weighted by Crippen LogP contribution is 2.28. The van der Waals surface area contributed by atoms with Crippen molar-refractivity contribution in [2.24, 2.45) is 18.9 Å². The summed E-state index contributed by atoms with van der Waals surface area (Å²) in [6.45, 7) is 10.8. The summed E-state index contributed by atoms with van der Waals surface area (Å²) in [6.07, 6.45) is 6.97. The molecule has 0 amide bonds. The van der Waals surface area contributed by atoms with Crippen molar-refractivity contribution in [2.45, 2.75) is 40.0 Å². The van der Waals surface area contributed by atoms with Gasteiger partial charge in [-0.05, 0) is 57.2 Å². The van der Waals surface area contributed by atoms with E-state index < -0.39 is 0 Å². The largest absolute Gasteiger partial charge is 0.477 e. The van der Waals surface area contributed by atoms with Crippen LogP contribution in [0.2, 0.25) is 0 Å². The van der Waals surface area contributed by atoms with Gasteiger partial charge in [-0.2, -0.15) is 10.2 Å². The zero-order valence-corrected chi connectivity index (χ0v) is 19.4. The summed E-state index contributed by atoms with van der Waals surface area (Å²) >= 11 is 0. The molecule has 3 aromatic heterocycles. The fraction of sp³-hybridized carbons (Fsp3) is 0.542. The third-order valence-electron chi connectivity index (χ3n) is 6.06. The lowest BCUT2D eigenvalue weighted by molar-refractivity contribution is 0.150. The number of hydrogen-bond donors (Lipinski definition) is 0. The van der Waals surface area contributed by atoms with Crippen LogP contribution in [0.4, 0.5) is 0 Å². The molecule has 4 heterocycles. The van der Waals surface area contributed by atoms with E-state index in [1.807, 2.05) is 26.1 Å². The summed E-state index contributed by atoms with van der Waals surface area (Å²) in [5.41, 5.74) is 3.64. The van der Waals surface area contributed by atoms with Crippen LogP contribution in [0.5, 0.6) is 5.88 Å². The van der Waals surface area contributed by atoms with Gasteiger partial charge in [0, 0.05) is 30.9 Å². The topological polar surface area (TPSA) is 92.8 Å². The minimum absolute atomic E-state index is 0.119. The first-order valence-corrected chi connectivity index (χ1v) is 11.4. The van der Waals surface area contributed by atoms with E-state index in [2.05, 4.69) is 38.7 Å². The van der Waals surface area contributed by atoms with E-state index in [0.717, 1.165) is 29.4 Å². The first-order chi connectivity index (χ1) is 15.4. The molecule has 3 aromatic rings. The van der Waals surface area contributed by atoms with Crippen molar-refractivity contribution in [3.05, 3.63) is 30.0 Å². The van der Waals surface area contributed by atoms with Crippen LogP contribution in [0.25, 0.3) is 22.4 Å². The Labute approximate surface area is 189 Å². The van der Waals surface area contributed by atoms with Crippen LogP contribution >= 0.6 is 0 Å². The third-order valence-corrected chi connectivity index (χ3v) is 6.06. The average molecular weight is 434 g/mol. The molecular formula is C24H31N7O. The van der Waals surface area contributed by atoms with E-state index >= 15 is 0 Å². The second kappa shape index (κ2) is 9.61. The molecule has 0 unspecified atom stereocenters. The highest BCUT2D eigenvalue weighted by molar-refractivity contribution is 5.87. The maximum Gasteiger partial charge on any atom is 0.234 e. The Balaban J connectivity index is 1.40. The van der Waals surface area contributed by atoms with Crippen LogP contribution < -0.4 is 4.74 Å². The van der Waals surface area contributed by atoms with Crippen LogP contribution in [-0.4, -0.2) is 55.6 Å². The van der Waals surface area contributed by atoms with Crippen LogP contribution in [0, 0.1) is 30.1 Å². The second-order valence-electron chi connectivity index (χ2n) is 9.16. The molecular weight excluding hydrogens is 402 g/mol. The van der Waals surface area contributed by atoms with Crippen molar-refractivity contribution in [1.82, 2.24) is 29.4 Å². The van der Waals surface area contributed by atoms with E-state index in [0.29, 0.717) is 29.3 Å². The van der Waals surface area contributed by atoms with E-state index in [1.165, 1.54) is 32.5 Å². The lowest BCUT2D eigenvalue weighted by Crippen LogP contribution is -2.36. The van der Waals surface area contributed by atoms with E-state index in [4.69, 9.17) is 4.74 Å². The van der Waals surface area contributed by atoms with Crippen molar-refractivity contribution < 1.29 is 4.74 Å². The van der Waals surface area contributed by atoms with Crippen molar-refractivity contribution in [2.75, 3.05) is 26.2 Å². The summed E-state index contributed by atoms with van der Waals surface area (Å²) in [6, 6.07) is 4.02. The number of hydrogen-bond acceptors (Lipinski definition) is 7. The molecule has 0 bridgehead atoms. The van der Waals surface area contributed by atoms with E-state index in [1.54, 1.807) is 17.1 Å². The van der Waals surface area contributed by atoms with Gasteiger partial charge in [0.05, 0.1) is 12.9 Å². The summed E-state index contributed by atoms with van der Waals surface area (Å²) in [5, 5.41) is 9.31. The molecule has 1 aliphatic rings. The minimum Gasteiger partial charge on any atom is -0.477 e. The van der Waals surface area contributed by atoms with Crippen molar-refractivity contribution in [3.8, 4) is 23.2 Å². The zero-order chi connectivity index (χ0) is 22.7. The first kappa shape index (κ1) is 22.2. The van der Waals surface area contributed by atoms with Crippen molar-refractivity contribution in [1.29, 1.82) is 5.26 Å². The number of piperidine rings is 1. The normalized spacial score (nSPS) is 15.4. The van der Waals surface area contributed by atoms with Gasteiger partial charge in [-0.25, -0.2) is 15.0 Å². The Bertz CT molecular complexity index is 1120. The number of imidazole rings is 1. The lowest BCUT2D eigenvalue weighted by Gasteiger charge is -2.32. The molecule has 168 valence electrons. The predicted molar refractivity (Wildman–Crippen MR) is 123 cm³/mol. The van der Waals surface area contributed by atoms with Crippen molar-refractivity contribution in [3.63, 3.8) is 0 Å². The number of aromatic nitrogens is 5. The maximum atomic E-state index is 9.31. The maximum absolute atomic E-state index is 9.31. The van der Waals surface area contributed by atoms with Gasteiger partial charge in [0.1, 0.15) is 17.3 Å². The highest BCUT2D eigenvalue weighted by Gasteiger charge is 2.20. The number of pyridine rings is 1. The number of nitriles is 1. The zero-order valence-electron chi connectivity index (χ0n) is 19.4. The molecule has 0 aromatic carbocycles. The smallest absolute Gasteiger partial charge is 0.234 e. The van der Waals surface area contributed by atoms with Crippen molar-refractivity contribution >= 4 is 11.2 Å². The molecule has 1 fully saturated rings. The molecule has 0 spiro atoms. The third kappa shape index (κ3) is 4.89. The fourth-order valence-electron chi connectivity index (χ4n) is 4.40. The Morgan fingerprint density at radius 2 is 2.00 bits per heavy atom. The standard InChI is InChI=1S/C24H31N7O/c1-16(2)14-31-8-5-18(6-9-31)7-10-32-24-17(3)11-19(13-26-24)21-22-23(30(4)15-27-22)29-20(12-25)28-21/h11,13,15-16,18H,5-10,14H2,1-4H3. The van der Waals surface area contributed by atoms with Gasteiger partial charge < -0.3 is 14.2 Å². The van der Waals surface area contributed by atoms with Gasteiger partial charge >= 0.3 is 0 Å². The number of ether oxygens (including phenoxy) is 1. The fourth-order valence-corrected chi connectivity index (χ4v) is 4.40. The van der Waals surface area contributed by atoms with Gasteiger partial charge in [-0.15, -0.1) is 0 Å². The van der Waals surface area contributed by atoms with Gasteiger partial charge in [0.2, 0.25) is 11.7 Å². The van der Waals surface area contributed by atoms with Gasteiger partial charge in [-0.1, -0.05) is 13.8 Å². The van der Waals surface area contributed by atoms with Gasteiger partial charge in [-0.3, -0.25) is 0 Å². The molecule has 8 nitrogen and oxygen atoms in total. The number of aryl methyl sites for hydroxylation is 2. The quantitative estimate of drug-likeness (QED) is 0.560. The summed E-state index contributed by atoms with van der Waals surface area (Å²) in [4.78, 5) is 20.2. The summed E-state index contributed by atoms with van der Waals surface area (Å²) < 4.78 is 7.81. The SMILES string of the molecule is Cc1cc(-c2nc(C#N)nc3c2ncn3C)cnc1OCCC1CCN(CC(C)C)CC1. The van der Waals surface area contributed by atoms with Crippen LogP contribution in [0.3, 0.4) is 0 Å². The molecule has 0 N–H and O–H groups in total. The molecule has 32 heavy (non-hydrogen) atoms. The number of nitrogens with zero attached hydrogens (tertiary/aromatic N) is 7. The number of likely N-dealkylation sites (tertiary alicyclic amines) is 1. The predicted octanol–water partition coefficient (Wildman–Crippen LogP) is 3.74. The molecule has 0 saturated carbocycles. The molecule has 0 aliphatic carbocycles. The van der Waals surface area contributed by atoms with Gasteiger partial charge in [0.15, 0.2) is 5.65 Å². The first-order valence-electron chi connectivity index (χ1n) is 11.4. The molecule has 8 heteroatoms. The summed E-state index contributed by atoms with van der Waals surface area (Å²) in [7, 11) is 1.85. The van der Waals surface area contributed by atoms with Crippen LogP contribution in [0.1, 0.15) is 44.5 Å². The number of rotatable bonds is 7. The highest BCUT2D eigenvalue weighted by atomic mass is 16.5. The molecule has 0 radical (unpaired) electrons. The minimum atomic E-state index is 0.119. The second-order valence-corrected chi connectivity index (χ2v) is 9.16. The van der Waals surface area contributed by atoms with Crippen LogP contribution in [0.15, 0.2) is 18.6 Å². The monoisotopic (exact) mass is 433 g/mol. The Morgan fingerprint density at radius 3 is 2.69 bits per heavy atom. The molecule has 0 atom stereocenters. The number of fused-ring (bicyclic) bond motifs is 1. The Morgan fingerprint density at radius 1 is 1.22 bits per heavy atom. The Kier molecular flexibility index (Phi) is 6.66. The van der Waals surface area contributed by atoms with Crippen LogP contribution in [-0.2, 0) is 7.05 Å². The van der Waals surface area contributed by atoms with E-state index in [9.17, 15) is 5.26 Å². The van der Waals surface area contributed by atoms with Gasteiger partial charge in [0.25, 0.3) is 0 Å². The molecule has 4 rings (SSSR count). The Hall–Kier alpha value is -3.05. The summed E-state index contributed by atoms with van der Waals surface area (Å²) in [5.74, 6) is 2.22. The lowest BCUT2D eigenvalue weighted by atomic mass is 9.93. The van der Waals surface area contributed by atoms with E-state index in [-0.39, 0.29) is 5.82 Å². The molecule has 1 aliphatic heterocycles. The molecule has 1 saturated heterocycles. The average Bonchev–Trinajstić information content (AvgIpc) is 3.15.